The van der Waals surface area contributed by atoms with Crippen molar-refractivity contribution in [2.45, 2.75) is 70.1 Å². The normalized spacial score (nSPS) is 26.9. The third-order valence-electron chi connectivity index (χ3n) is 3.39. The van der Waals surface area contributed by atoms with Crippen LogP contribution in [0.1, 0.15) is 52.9 Å². The average molecular weight is 287 g/mol. The van der Waals surface area contributed by atoms with E-state index in [4.69, 9.17) is 14.6 Å². The van der Waals surface area contributed by atoms with E-state index in [0.717, 1.165) is 12.8 Å². The first-order chi connectivity index (χ1) is 9.16. The molecule has 0 bridgehead atoms. The van der Waals surface area contributed by atoms with Crippen molar-refractivity contribution in [3.8, 4) is 0 Å². The molecule has 1 aliphatic rings. The summed E-state index contributed by atoms with van der Waals surface area (Å²) in [6, 6.07) is 0. The first kappa shape index (κ1) is 16.8. The molecule has 116 valence electrons. The van der Waals surface area contributed by atoms with E-state index in [-0.39, 0.29) is 12.5 Å². The van der Waals surface area contributed by atoms with Crippen LogP contribution >= 0.6 is 0 Å². The van der Waals surface area contributed by atoms with Crippen LogP contribution < -0.4 is 5.32 Å². The Morgan fingerprint density at radius 2 is 2.05 bits per heavy atom. The molecule has 1 amide bonds. The van der Waals surface area contributed by atoms with Crippen LogP contribution in [0, 0.1) is 0 Å². The van der Waals surface area contributed by atoms with E-state index >= 15 is 0 Å². The first-order valence-corrected chi connectivity index (χ1v) is 6.91. The minimum absolute atomic E-state index is 0.0296. The second-order valence-electron chi connectivity index (χ2n) is 6.43. The van der Waals surface area contributed by atoms with E-state index in [1.165, 1.54) is 0 Å². The van der Waals surface area contributed by atoms with Crippen LogP contribution in [0.25, 0.3) is 0 Å². The number of nitrogens with one attached hydrogen (secondary N) is 1. The third kappa shape index (κ3) is 5.36. The Hall–Kier alpha value is -1.30. The summed E-state index contributed by atoms with van der Waals surface area (Å²) in [5.41, 5.74) is -1.39. The summed E-state index contributed by atoms with van der Waals surface area (Å²) in [7, 11) is 1.61. The smallest absolute Gasteiger partial charge is 0.408 e. The van der Waals surface area contributed by atoms with Gasteiger partial charge in [0.25, 0.3) is 0 Å². The van der Waals surface area contributed by atoms with Crippen molar-refractivity contribution in [3.63, 3.8) is 0 Å². The summed E-state index contributed by atoms with van der Waals surface area (Å²) in [5, 5.41) is 11.9. The number of ether oxygens (including phenoxy) is 2. The minimum Gasteiger partial charge on any atom is -0.481 e. The topological polar surface area (TPSA) is 84.9 Å². The standard InChI is InChI=1S/C14H25NO5/c1-13(2,3)20-12(18)15-14(9-11(16)17)7-5-6-10(8-14)19-4/h10H,5-9H2,1-4H3,(H,15,18)(H,16,17). The summed E-state index contributed by atoms with van der Waals surface area (Å²) in [6.07, 6.45) is 2.10. The monoisotopic (exact) mass is 287 g/mol. The van der Waals surface area contributed by atoms with E-state index < -0.39 is 23.2 Å². The van der Waals surface area contributed by atoms with Crippen molar-refractivity contribution >= 4 is 12.1 Å². The fourth-order valence-corrected chi connectivity index (χ4v) is 2.64. The molecule has 1 rings (SSSR count). The third-order valence-corrected chi connectivity index (χ3v) is 3.39. The van der Waals surface area contributed by atoms with Crippen molar-refractivity contribution in [1.82, 2.24) is 5.32 Å². The van der Waals surface area contributed by atoms with Crippen molar-refractivity contribution in [3.05, 3.63) is 0 Å². The van der Waals surface area contributed by atoms with Crippen molar-refractivity contribution in [1.29, 1.82) is 0 Å². The van der Waals surface area contributed by atoms with Gasteiger partial charge in [-0.15, -0.1) is 0 Å². The summed E-state index contributed by atoms with van der Waals surface area (Å²) in [6.45, 7) is 5.32. The second-order valence-corrected chi connectivity index (χ2v) is 6.43. The van der Waals surface area contributed by atoms with Crippen LogP contribution in [0.15, 0.2) is 0 Å². The van der Waals surface area contributed by atoms with Gasteiger partial charge in [-0.1, -0.05) is 0 Å². The molecule has 20 heavy (non-hydrogen) atoms. The molecule has 6 nitrogen and oxygen atoms in total. The predicted octanol–water partition coefficient (Wildman–Crippen LogP) is 2.31. The van der Waals surface area contributed by atoms with Crippen LogP contribution in [-0.2, 0) is 14.3 Å². The van der Waals surface area contributed by atoms with Gasteiger partial charge in [0, 0.05) is 7.11 Å². The van der Waals surface area contributed by atoms with Crippen LogP contribution in [0.4, 0.5) is 4.79 Å². The van der Waals surface area contributed by atoms with Crippen molar-refractivity contribution in [2.24, 2.45) is 0 Å². The number of methoxy groups -OCH3 is 1. The Balaban J connectivity index is 2.78. The molecule has 2 atom stereocenters. The zero-order chi connectivity index (χ0) is 15.4. The first-order valence-electron chi connectivity index (χ1n) is 6.91. The Morgan fingerprint density at radius 1 is 1.40 bits per heavy atom. The molecule has 0 heterocycles. The van der Waals surface area contributed by atoms with Crippen molar-refractivity contribution < 1.29 is 24.2 Å². The number of carboxylic acids is 1. The lowest BCUT2D eigenvalue weighted by Gasteiger charge is -2.40. The van der Waals surface area contributed by atoms with Crippen LogP contribution in [0.5, 0.6) is 0 Å². The maximum Gasteiger partial charge on any atom is 0.408 e. The Bertz CT molecular complexity index is 363. The Kier molecular flexibility index (Phi) is 5.39. The highest BCUT2D eigenvalue weighted by atomic mass is 16.6. The SMILES string of the molecule is COC1CCCC(CC(=O)O)(NC(=O)OC(C)(C)C)C1. The molecule has 0 spiro atoms. The number of carboxylic acid groups (broad SMARTS) is 1. The Labute approximate surface area is 119 Å². The summed E-state index contributed by atoms with van der Waals surface area (Å²) in [4.78, 5) is 23.0. The highest BCUT2D eigenvalue weighted by molar-refractivity contribution is 5.73. The summed E-state index contributed by atoms with van der Waals surface area (Å²) >= 11 is 0. The molecule has 0 aliphatic heterocycles. The van der Waals surface area contributed by atoms with Gasteiger partial charge in [-0.3, -0.25) is 4.79 Å². The molecule has 0 aromatic rings. The van der Waals surface area contributed by atoms with Gasteiger partial charge in [0.2, 0.25) is 0 Å². The van der Waals surface area contributed by atoms with Gasteiger partial charge in [0.15, 0.2) is 0 Å². The van der Waals surface area contributed by atoms with E-state index in [1.807, 2.05) is 0 Å². The van der Waals surface area contributed by atoms with Gasteiger partial charge in [-0.2, -0.15) is 0 Å². The molecule has 1 saturated carbocycles. The lowest BCUT2D eigenvalue weighted by Crippen LogP contribution is -2.54. The quantitative estimate of drug-likeness (QED) is 0.828. The molecular weight excluding hydrogens is 262 g/mol. The number of hydrogen-bond acceptors (Lipinski definition) is 4. The highest BCUT2D eigenvalue weighted by Gasteiger charge is 2.40. The molecule has 0 saturated heterocycles. The van der Waals surface area contributed by atoms with Crippen molar-refractivity contribution in [2.75, 3.05) is 7.11 Å². The molecule has 0 radical (unpaired) electrons. The number of hydrogen-bond donors (Lipinski definition) is 2. The van der Waals surface area contributed by atoms with Crippen LogP contribution in [0.3, 0.4) is 0 Å². The molecule has 2 N–H and O–H groups in total. The number of carbonyl (C=O) groups is 2. The average Bonchev–Trinajstić information content (AvgIpc) is 2.24. The number of aliphatic carboxylic acids is 1. The molecule has 1 fully saturated rings. The maximum absolute atomic E-state index is 11.9. The van der Waals surface area contributed by atoms with E-state index in [0.29, 0.717) is 12.8 Å². The number of alkyl carbamates (subject to hydrolysis) is 1. The fourth-order valence-electron chi connectivity index (χ4n) is 2.64. The van der Waals surface area contributed by atoms with Crippen LogP contribution in [-0.4, -0.2) is 41.5 Å². The van der Waals surface area contributed by atoms with Gasteiger partial charge in [-0.05, 0) is 46.5 Å². The largest absolute Gasteiger partial charge is 0.481 e. The zero-order valence-electron chi connectivity index (χ0n) is 12.7. The molecule has 6 heteroatoms. The number of amides is 1. The molecule has 2 unspecified atom stereocenters. The number of rotatable bonds is 4. The molecule has 0 aromatic heterocycles. The number of carbonyl (C=O) groups excluding carboxylic acids is 1. The molecular formula is C14H25NO5. The predicted molar refractivity (Wildman–Crippen MR) is 73.6 cm³/mol. The summed E-state index contributed by atoms with van der Waals surface area (Å²) in [5.74, 6) is -0.933. The molecule has 1 aliphatic carbocycles. The maximum atomic E-state index is 11.9. The van der Waals surface area contributed by atoms with Crippen LogP contribution in [0.2, 0.25) is 0 Å². The van der Waals surface area contributed by atoms with Gasteiger partial charge < -0.3 is 19.9 Å². The van der Waals surface area contributed by atoms with E-state index in [1.54, 1.807) is 27.9 Å². The van der Waals surface area contributed by atoms with E-state index in [9.17, 15) is 9.59 Å². The second kappa shape index (κ2) is 6.43. The Morgan fingerprint density at radius 3 is 2.55 bits per heavy atom. The lowest BCUT2D eigenvalue weighted by atomic mass is 9.78. The van der Waals surface area contributed by atoms with Gasteiger partial charge >= 0.3 is 12.1 Å². The van der Waals surface area contributed by atoms with Gasteiger partial charge in [0.1, 0.15) is 5.60 Å². The fraction of sp³-hybridized carbons (Fsp3) is 0.857. The zero-order valence-corrected chi connectivity index (χ0v) is 12.7. The van der Waals surface area contributed by atoms with E-state index in [2.05, 4.69) is 5.32 Å². The van der Waals surface area contributed by atoms with Gasteiger partial charge in [0.05, 0.1) is 18.1 Å². The lowest BCUT2D eigenvalue weighted by molar-refractivity contribution is -0.139. The summed E-state index contributed by atoms with van der Waals surface area (Å²) < 4.78 is 10.6. The highest BCUT2D eigenvalue weighted by Crippen LogP contribution is 2.33. The minimum atomic E-state index is -0.933. The molecule has 0 aromatic carbocycles. The van der Waals surface area contributed by atoms with Gasteiger partial charge in [-0.25, -0.2) is 4.79 Å².